The van der Waals surface area contributed by atoms with Crippen molar-refractivity contribution in [2.45, 2.75) is 59.0 Å². The van der Waals surface area contributed by atoms with Gasteiger partial charge in [-0.3, -0.25) is 4.79 Å². The number of hydrogen-bond acceptors (Lipinski definition) is 6. The molecule has 0 spiro atoms. The van der Waals surface area contributed by atoms with E-state index in [1.807, 2.05) is 39.8 Å². The molecule has 1 fully saturated rings. The van der Waals surface area contributed by atoms with Gasteiger partial charge < -0.3 is 14.8 Å². The molecular weight excluding hydrogens is 398 g/mol. The first-order valence-corrected chi connectivity index (χ1v) is 11.3. The highest BCUT2D eigenvalue weighted by molar-refractivity contribution is 7.20. The summed E-state index contributed by atoms with van der Waals surface area (Å²) in [6.07, 6.45) is 3.29. The number of carbonyl (C=O) groups excluding carboxylic acids is 1. The molecule has 1 aliphatic carbocycles. The predicted octanol–water partition coefficient (Wildman–Crippen LogP) is 5.16. The van der Waals surface area contributed by atoms with E-state index in [4.69, 9.17) is 19.4 Å². The Morgan fingerprint density at radius 1 is 1.30 bits per heavy atom. The minimum Gasteiger partial charge on any atom is -0.492 e. The number of aromatic nitrogens is 2. The summed E-state index contributed by atoms with van der Waals surface area (Å²) >= 11 is 1.43. The van der Waals surface area contributed by atoms with Crippen LogP contribution in [-0.2, 0) is 6.42 Å². The smallest absolute Gasteiger partial charge is 0.266 e. The van der Waals surface area contributed by atoms with E-state index in [0.717, 1.165) is 57.9 Å². The Hall–Kier alpha value is -2.67. The molecule has 1 atom stereocenters. The van der Waals surface area contributed by atoms with Gasteiger partial charge in [0.05, 0.1) is 22.9 Å². The van der Waals surface area contributed by atoms with E-state index in [1.54, 1.807) is 0 Å². The molecule has 6 nitrogen and oxygen atoms in total. The van der Waals surface area contributed by atoms with Crippen molar-refractivity contribution in [1.82, 2.24) is 9.97 Å². The Labute approximate surface area is 179 Å². The van der Waals surface area contributed by atoms with Crippen LogP contribution in [0.15, 0.2) is 12.1 Å². The first-order chi connectivity index (χ1) is 14.4. The van der Waals surface area contributed by atoms with E-state index in [-0.39, 0.29) is 12.0 Å². The van der Waals surface area contributed by atoms with Crippen molar-refractivity contribution in [3.63, 3.8) is 0 Å². The fourth-order valence-electron chi connectivity index (χ4n) is 4.09. The highest BCUT2D eigenvalue weighted by Gasteiger charge is 2.29. The second-order valence-electron chi connectivity index (χ2n) is 8.15. The Kier molecular flexibility index (Phi) is 4.65. The van der Waals surface area contributed by atoms with E-state index >= 15 is 0 Å². The van der Waals surface area contributed by atoms with Crippen LogP contribution in [0.5, 0.6) is 11.5 Å². The van der Waals surface area contributed by atoms with Gasteiger partial charge in [0.1, 0.15) is 28.3 Å². The minimum atomic E-state index is -0.158. The summed E-state index contributed by atoms with van der Waals surface area (Å²) in [6, 6.07) is 3.86. The number of rotatable bonds is 5. The molecule has 2 aliphatic rings. The lowest BCUT2D eigenvalue weighted by Crippen LogP contribution is -2.13. The van der Waals surface area contributed by atoms with Gasteiger partial charge in [0, 0.05) is 29.4 Å². The molecule has 30 heavy (non-hydrogen) atoms. The number of hydrogen-bond donors (Lipinski definition) is 1. The summed E-state index contributed by atoms with van der Waals surface area (Å²) in [5, 5.41) is 4.04. The topological polar surface area (TPSA) is 73.3 Å². The monoisotopic (exact) mass is 423 g/mol. The molecule has 2 aromatic heterocycles. The van der Waals surface area contributed by atoms with Crippen molar-refractivity contribution in [2.24, 2.45) is 0 Å². The second-order valence-corrected chi connectivity index (χ2v) is 9.15. The fourth-order valence-corrected chi connectivity index (χ4v) is 5.23. The van der Waals surface area contributed by atoms with E-state index in [1.165, 1.54) is 11.3 Å². The number of anilines is 1. The predicted molar refractivity (Wildman–Crippen MR) is 118 cm³/mol. The average Bonchev–Trinajstić information content (AvgIpc) is 3.40. The molecule has 1 aliphatic heterocycles. The molecular formula is C23H25N3O3S. The van der Waals surface area contributed by atoms with Gasteiger partial charge in [-0.1, -0.05) is 0 Å². The van der Waals surface area contributed by atoms with Gasteiger partial charge in [0.2, 0.25) is 0 Å². The van der Waals surface area contributed by atoms with Crippen LogP contribution in [0.2, 0.25) is 0 Å². The number of aryl methyl sites for hydroxylation is 2. The molecule has 3 heterocycles. The van der Waals surface area contributed by atoms with Crippen LogP contribution < -0.4 is 14.8 Å². The molecule has 7 heteroatoms. The van der Waals surface area contributed by atoms with Gasteiger partial charge in [-0.05, 0) is 52.2 Å². The first-order valence-electron chi connectivity index (χ1n) is 10.5. The molecule has 0 radical (unpaired) electrons. The Balaban J connectivity index is 1.50. The lowest BCUT2D eigenvalue weighted by molar-refractivity contribution is 0.102. The third-order valence-corrected chi connectivity index (χ3v) is 6.87. The number of ether oxygens (including phenoxy) is 2. The van der Waals surface area contributed by atoms with Crippen LogP contribution in [0.4, 0.5) is 5.69 Å². The number of carbonyl (C=O) groups is 1. The lowest BCUT2D eigenvalue weighted by Gasteiger charge is -2.13. The van der Waals surface area contributed by atoms with Gasteiger partial charge in [0.25, 0.3) is 5.91 Å². The lowest BCUT2D eigenvalue weighted by atomic mass is 10.1. The van der Waals surface area contributed by atoms with Gasteiger partial charge in [0.15, 0.2) is 0 Å². The highest BCUT2D eigenvalue weighted by Crippen LogP contribution is 2.41. The van der Waals surface area contributed by atoms with E-state index in [0.29, 0.717) is 28.8 Å². The molecule has 1 N–H and O–H groups in total. The van der Waals surface area contributed by atoms with Crippen LogP contribution in [0.25, 0.3) is 10.2 Å². The zero-order valence-corrected chi connectivity index (χ0v) is 18.5. The summed E-state index contributed by atoms with van der Waals surface area (Å²) in [7, 11) is 0. The van der Waals surface area contributed by atoms with Crippen molar-refractivity contribution < 1.29 is 14.3 Å². The molecule has 0 saturated heterocycles. The third-order valence-electron chi connectivity index (χ3n) is 5.68. The quantitative estimate of drug-likeness (QED) is 0.614. The number of nitrogens with zero attached hydrogens (tertiary/aromatic N) is 2. The standard InChI is InChI=1S/C23H25N3O3S/c1-5-28-18-9-15-8-11(2)29-17(15)10-16(18)25-22(27)20-12(3)19-13(4)24-21(14-6-7-14)26-23(19)30-20/h9-11,14H,5-8H2,1-4H3,(H,25,27)/t11-/m1/s1. The molecule has 5 rings (SSSR count). The molecule has 3 aromatic rings. The Morgan fingerprint density at radius 3 is 2.83 bits per heavy atom. The van der Waals surface area contributed by atoms with E-state index in [2.05, 4.69) is 5.32 Å². The average molecular weight is 424 g/mol. The zero-order valence-electron chi connectivity index (χ0n) is 17.7. The summed E-state index contributed by atoms with van der Waals surface area (Å²) in [4.78, 5) is 24.2. The van der Waals surface area contributed by atoms with Crippen LogP contribution in [0, 0.1) is 13.8 Å². The van der Waals surface area contributed by atoms with Crippen molar-refractivity contribution >= 4 is 33.1 Å². The number of fused-ring (bicyclic) bond motifs is 2. The van der Waals surface area contributed by atoms with Crippen molar-refractivity contribution in [1.29, 1.82) is 0 Å². The highest BCUT2D eigenvalue weighted by atomic mass is 32.1. The number of thiophene rings is 1. The van der Waals surface area contributed by atoms with Gasteiger partial charge in [-0.25, -0.2) is 9.97 Å². The second kappa shape index (κ2) is 7.23. The number of nitrogens with one attached hydrogen (secondary N) is 1. The van der Waals surface area contributed by atoms with Crippen LogP contribution >= 0.6 is 11.3 Å². The van der Waals surface area contributed by atoms with Gasteiger partial charge in [-0.15, -0.1) is 11.3 Å². The van der Waals surface area contributed by atoms with Crippen LogP contribution in [0.1, 0.15) is 64.9 Å². The van der Waals surface area contributed by atoms with Crippen molar-refractivity contribution in [3.8, 4) is 11.5 Å². The van der Waals surface area contributed by atoms with Crippen molar-refractivity contribution in [3.05, 3.63) is 39.7 Å². The Morgan fingerprint density at radius 2 is 2.10 bits per heavy atom. The zero-order chi connectivity index (χ0) is 21.0. The summed E-state index contributed by atoms with van der Waals surface area (Å²) in [5.41, 5.74) is 3.62. The van der Waals surface area contributed by atoms with E-state index < -0.39 is 0 Å². The summed E-state index contributed by atoms with van der Waals surface area (Å²) in [5.74, 6) is 2.72. The first kappa shape index (κ1) is 19.3. The van der Waals surface area contributed by atoms with E-state index in [9.17, 15) is 4.79 Å². The molecule has 156 valence electrons. The normalized spacial score (nSPS) is 17.7. The maximum atomic E-state index is 13.2. The largest absolute Gasteiger partial charge is 0.492 e. The fraction of sp³-hybridized carbons (Fsp3) is 0.435. The summed E-state index contributed by atoms with van der Waals surface area (Å²) < 4.78 is 11.7. The molecule has 1 aromatic carbocycles. The SMILES string of the molecule is CCOc1cc2c(cc1NC(=O)c1sc3nc(C4CC4)nc(C)c3c1C)O[C@H](C)C2. The molecule has 0 bridgehead atoms. The van der Waals surface area contributed by atoms with Gasteiger partial charge >= 0.3 is 0 Å². The maximum absolute atomic E-state index is 13.2. The van der Waals surface area contributed by atoms with Gasteiger partial charge in [-0.2, -0.15) is 0 Å². The summed E-state index contributed by atoms with van der Waals surface area (Å²) in [6.45, 7) is 8.48. The minimum absolute atomic E-state index is 0.132. The maximum Gasteiger partial charge on any atom is 0.266 e. The molecule has 0 unspecified atom stereocenters. The Bertz CT molecular complexity index is 1170. The number of benzene rings is 1. The van der Waals surface area contributed by atoms with Crippen LogP contribution in [-0.4, -0.2) is 28.6 Å². The number of amides is 1. The van der Waals surface area contributed by atoms with Crippen LogP contribution in [0.3, 0.4) is 0 Å². The van der Waals surface area contributed by atoms with Crippen molar-refractivity contribution in [2.75, 3.05) is 11.9 Å². The molecule has 1 amide bonds. The third kappa shape index (κ3) is 3.31. The molecule has 1 saturated carbocycles.